The maximum Gasteiger partial charge on any atom is 0.490 e. The Kier molecular flexibility index (Phi) is 9.04. The molecular formula is C12H18F6N2O4. The Morgan fingerprint density at radius 3 is 1.42 bits per heavy atom. The molecule has 24 heavy (non-hydrogen) atoms. The van der Waals surface area contributed by atoms with Gasteiger partial charge < -0.3 is 15.5 Å². The van der Waals surface area contributed by atoms with E-state index in [1.54, 1.807) is 0 Å². The molecule has 0 amide bonds. The van der Waals surface area contributed by atoms with Crippen LogP contribution in [0.15, 0.2) is 0 Å². The molecule has 0 spiro atoms. The number of hydrogen-bond acceptors (Lipinski definition) is 4. The zero-order chi connectivity index (χ0) is 19.0. The highest BCUT2D eigenvalue weighted by Gasteiger charge is 2.38. The lowest BCUT2D eigenvalue weighted by Gasteiger charge is -2.39. The third-order valence-electron chi connectivity index (χ3n) is 3.23. The number of alkyl halides is 6. The lowest BCUT2D eigenvalue weighted by molar-refractivity contribution is -0.193. The van der Waals surface area contributed by atoms with E-state index in [4.69, 9.17) is 19.8 Å². The Labute approximate surface area is 133 Å². The molecule has 0 unspecified atom stereocenters. The molecule has 1 saturated heterocycles. The SMILES string of the molecule is C1CC(N2CCNCC2)C1.O=C(O)C(F)(F)F.O=C(O)C(F)(F)F. The van der Waals surface area contributed by atoms with Crippen molar-refractivity contribution in [1.29, 1.82) is 0 Å². The third-order valence-corrected chi connectivity index (χ3v) is 3.23. The van der Waals surface area contributed by atoms with Crippen LogP contribution in [0.3, 0.4) is 0 Å². The number of nitrogens with zero attached hydrogens (tertiary/aromatic N) is 1. The summed E-state index contributed by atoms with van der Waals surface area (Å²) in [7, 11) is 0. The van der Waals surface area contributed by atoms with Crippen LogP contribution in [0, 0.1) is 0 Å². The number of piperazine rings is 1. The minimum absolute atomic E-state index is 0.960. The zero-order valence-electron chi connectivity index (χ0n) is 12.5. The number of aliphatic carboxylic acids is 2. The van der Waals surface area contributed by atoms with Crippen LogP contribution in [0.2, 0.25) is 0 Å². The highest BCUT2D eigenvalue weighted by molar-refractivity contribution is 5.73. The summed E-state index contributed by atoms with van der Waals surface area (Å²) in [4.78, 5) is 20.4. The van der Waals surface area contributed by atoms with Gasteiger partial charge in [-0.3, -0.25) is 4.90 Å². The Hall–Kier alpha value is -1.56. The number of carboxylic acids is 2. The molecule has 0 aromatic rings. The molecule has 6 nitrogen and oxygen atoms in total. The fourth-order valence-corrected chi connectivity index (χ4v) is 1.80. The van der Waals surface area contributed by atoms with Gasteiger partial charge in [-0.15, -0.1) is 0 Å². The van der Waals surface area contributed by atoms with Crippen LogP contribution in [0.25, 0.3) is 0 Å². The molecule has 1 aliphatic heterocycles. The average Bonchev–Trinajstić information content (AvgIpc) is 2.37. The van der Waals surface area contributed by atoms with Crippen molar-refractivity contribution < 1.29 is 46.1 Å². The second kappa shape index (κ2) is 9.67. The van der Waals surface area contributed by atoms with Gasteiger partial charge in [0.15, 0.2) is 0 Å². The first-order valence-electron chi connectivity index (χ1n) is 6.90. The van der Waals surface area contributed by atoms with Crippen LogP contribution >= 0.6 is 0 Å². The smallest absolute Gasteiger partial charge is 0.475 e. The number of carbonyl (C=O) groups is 2. The molecule has 0 aromatic heterocycles. The van der Waals surface area contributed by atoms with Gasteiger partial charge in [0.2, 0.25) is 0 Å². The minimum atomic E-state index is -5.08. The molecule has 2 aliphatic rings. The van der Waals surface area contributed by atoms with Crippen molar-refractivity contribution in [2.24, 2.45) is 0 Å². The van der Waals surface area contributed by atoms with Crippen molar-refractivity contribution in [2.45, 2.75) is 37.7 Å². The number of rotatable bonds is 1. The Bertz CT molecular complexity index is 379. The molecular weight excluding hydrogens is 350 g/mol. The second-order valence-corrected chi connectivity index (χ2v) is 4.98. The van der Waals surface area contributed by atoms with Crippen LogP contribution < -0.4 is 5.32 Å². The summed E-state index contributed by atoms with van der Waals surface area (Å²) >= 11 is 0. The summed E-state index contributed by atoms with van der Waals surface area (Å²) in [6.45, 7) is 4.97. The van der Waals surface area contributed by atoms with E-state index in [1.807, 2.05) is 0 Å². The van der Waals surface area contributed by atoms with Gasteiger partial charge in [-0.1, -0.05) is 6.42 Å². The summed E-state index contributed by atoms with van der Waals surface area (Å²) in [5.74, 6) is -5.51. The highest BCUT2D eigenvalue weighted by Crippen LogP contribution is 2.24. The van der Waals surface area contributed by atoms with E-state index in [2.05, 4.69) is 10.2 Å². The summed E-state index contributed by atoms with van der Waals surface area (Å²) in [6, 6.07) is 0.960. The van der Waals surface area contributed by atoms with E-state index < -0.39 is 24.3 Å². The molecule has 142 valence electrons. The predicted molar refractivity (Wildman–Crippen MR) is 69.5 cm³/mol. The van der Waals surface area contributed by atoms with E-state index in [0.717, 1.165) is 6.04 Å². The predicted octanol–water partition coefficient (Wildman–Crippen LogP) is 1.71. The molecule has 0 bridgehead atoms. The Balaban J connectivity index is 0.000000343. The monoisotopic (exact) mass is 368 g/mol. The standard InChI is InChI=1S/C8H16N2.2C2HF3O2/c1-2-8(3-1)10-6-4-9-5-7-10;2*3-2(4,5)1(6)7/h8-9H,1-7H2;2*(H,6,7). The van der Waals surface area contributed by atoms with Gasteiger partial charge in [-0.2, -0.15) is 26.3 Å². The molecule has 0 aromatic carbocycles. The quantitative estimate of drug-likeness (QED) is 0.611. The number of hydrogen-bond donors (Lipinski definition) is 3. The van der Waals surface area contributed by atoms with Gasteiger partial charge in [0.1, 0.15) is 0 Å². The summed E-state index contributed by atoms with van der Waals surface area (Å²) in [5.41, 5.74) is 0. The third kappa shape index (κ3) is 9.55. The molecule has 2 fully saturated rings. The van der Waals surface area contributed by atoms with E-state index in [0.29, 0.717) is 0 Å². The van der Waals surface area contributed by atoms with Crippen molar-refractivity contribution in [3.63, 3.8) is 0 Å². The summed E-state index contributed by atoms with van der Waals surface area (Å²) < 4.78 is 63.5. The van der Waals surface area contributed by atoms with Gasteiger partial charge in [-0.05, 0) is 12.8 Å². The van der Waals surface area contributed by atoms with E-state index in [1.165, 1.54) is 45.4 Å². The van der Waals surface area contributed by atoms with Gasteiger partial charge in [0.25, 0.3) is 0 Å². The van der Waals surface area contributed by atoms with Crippen molar-refractivity contribution in [3.05, 3.63) is 0 Å². The highest BCUT2D eigenvalue weighted by atomic mass is 19.4. The first-order chi connectivity index (χ1) is 10.9. The van der Waals surface area contributed by atoms with Crippen molar-refractivity contribution in [1.82, 2.24) is 10.2 Å². The fraction of sp³-hybridized carbons (Fsp3) is 0.833. The maximum atomic E-state index is 10.6. The molecule has 3 N–H and O–H groups in total. The molecule has 1 aliphatic carbocycles. The molecule has 12 heteroatoms. The normalized spacial score (nSPS) is 19.1. The van der Waals surface area contributed by atoms with Crippen LogP contribution in [0.4, 0.5) is 26.3 Å². The summed E-state index contributed by atoms with van der Waals surface area (Å²) in [6.07, 6.45) is -5.78. The van der Waals surface area contributed by atoms with E-state index >= 15 is 0 Å². The molecule has 2 rings (SSSR count). The first-order valence-corrected chi connectivity index (χ1v) is 6.90. The van der Waals surface area contributed by atoms with Crippen LogP contribution in [-0.4, -0.2) is 71.6 Å². The molecule has 1 saturated carbocycles. The van der Waals surface area contributed by atoms with E-state index in [-0.39, 0.29) is 0 Å². The van der Waals surface area contributed by atoms with Gasteiger partial charge in [0.05, 0.1) is 0 Å². The summed E-state index contributed by atoms with van der Waals surface area (Å²) in [5, 5.41) is 17.6. The molecule has 0 radical (unpaired) electrons. The van der Waals surface area contributed by atoms with Crippen molar-refractivity contribution >= 4 is 11.9 Å². The second-order valence-electron chi connectivity index (χ2n) is 4.98. The number of nitrogens with one attached hydrogen (secondary N) is 1. The molecule has 1 heterocycles. The minimum Gasteiger partial charge on any atom is -0.475 e. The number of carboxylic acid groups (broad SMARTS) is 2. The average molecular weight is 368 g/mol. The Morgan fingerprint density at radius 2 is 1.21 bits per heavy atom. The first kappa shape index (κ1) is 22.4. The zero-order valence-corrected chi connectivity index (χ0v) is 12.5. The lowest BCUT2D eigenvalue weighted by Crippen LogP contribution is -2.50. The topological polar surface area (TPSA) is 89.9 Å². The fourth-order valence-electron chi connectivity index (χ4n) is 1.80. The van der Waals surface area contributed by atoms with E-state index in [9.17, 15) is 26.3 Å². The maximum absolute atomic E-state index is 10.6. The largest absolute Gasteiger partial charge is 0.490 e. The van der Waals surface area contributed by atoms with Crippen molar-refractivity contribution in [2.75, 3.05) is 26.2 Å². The lowest BCUT2D eigenvalue weighted by atomic mass is 9.91. The van der Waals surface area contributed by atoms with Crippen LogP contribution in [-0.2, 0) is 9.59 Å². The van der Waals surface area contributed by atoms with Crippen molar-refractivity contribution in [3.8, 4) is 0 Å². The van der Waals surface area contributed by atoms with Gasteiger partial charge in [0, 0.05) is 32.2 Å². The Morgan fingerprint density at radius 1 is 0.875 bits per heavy atom. The van der Waals surface area contributed by atoms with Gasteiger partial charge >= 0.3 is 24.3 Å². The van der Waals surface area contributed by atoms with Crippen LogP contribution in [0.1, 0.15) is 19.3 Å². The van der Waals surface area contributed by atoms with Gasteiger partial charge in [-0.25, -0.2) is 9.59 Å². The molecule has 0 atom stereocenters. The van der Waals surface area contributed by atoms with Crippen LogP contribution in [0.5, 0.6) is 0 Å². The number of halogens is 6.